The molecule has 0 bridgehead atoms. The number of rotatable bonds is 4. The van der Waals surface area contributed by atoms with E-state index in [4.69, 9.17) is 0 Å². The van der Waals surface area contributed by atoms with Crippen molar-refractivity contribution in [2.75, 3.05) is 11.5 Å². The summed E-state index contributed by atoms with van der Waals surface area (Å²) in [6.07, 6.45) is -2.66. The highest BCUT2D eigenvalue weighted by Gasteiger charge is 2.30. The molecular weight excluding hydrogens is 333 g/mol. The van der Waals surface area contributed by atoms with Crippen LogP contribution in [0, 0.1) is 5.92 Å². The van der Waals surface area contributed by atoms with E-state index in [0.717, 1.165) is 12.1 Å². The van der Waals surface area contributed by atoms with Gasteiger partial charge >= 0.3 is 6.18 Å². The molecule has 2 rings (SSSR count). The Labute approximate surface area is 131 Å². The first-order valence-corrected chi connectivity index (χ1v) is 8.67. The fourth-order valence-electron chi connectivity index (χ4n) is 2.28. The summed E-state index contributed by atoms with van der Waals surface area (Å²) in [4.78, 5) is 11.6. The van der Waals surface area contributed by atoms with Crippen molar-refractivity contribution in [2.45, 2.75) is 19.0 Å². The molecule has 1 atom stereocenters. The van der Waals surface area contributed by atoms with Gasteiger partial charge in [-0.3, -0.25) is 4.79 Å². The molecule has 1 aromatic rings. The van der Waals surface area contributed by atoms with E-state index in [9.17, 15) is 26.4 Å². The fourth-order valence-corrected chi connectivity index (χ4v) is 4.14. The van der Waals surface area contributed by atoms with Crippen molar-refractivity contribution in [2.24, 2.45) is 11.0 Å². The maximum Gasteiger partial charge on any atom is 0.416 e. The summed E-state index contributed by atoms with van der Waals surface area (Å²) < 4.78 is 59.7. The van der Waals surface area contributed by atoms with Crippen LogP contribution < -0.4 is 5.43 Å². The number of sulfone groups is 1. The second kappa shape index (κ2) is 6.69. The number of hydrogen-bond acceptors (Lipinski definition) is 4. The van der Waals surface area contributed by atoms with E-state index < -0.39 is 27.5 Å². The lowest BCUT2D eigenvalue weighted by Gasteiger charge is -2.06. The van der Waals surface area contributed by atoms with Crippen LogP contribution in [-0.4, -0.2) is 32.0 Å². The van der Waals surface area contributed by atoms with Crippen LogP contribution in [0.25, 0.3) is 0 Å². The van der Waals surface area contributed by atoms with E-state index in [-0.39, 0.29) is 23.8 Å². The fraction of sp³-hybridized carbons (Fsp3) is 0.429. The monoisotopic (exact) mass is 348 g/mol. The van der Waals surface area contributed by atoms with Gasteiger partial charge in [0.2, 0.25) is 5.91 Å². The highest BCUT2D eigenvalue weighted by molar-refractivity contribution is 7.91. The molecule has 126 valence electrons. The number of hydrazone groups is 1. The lowest BCUT2D eigenvalue weighted by Crippen LogP contribution is -2.21. The van der Waals surface area contributed by atoms with Crippen LogP contribution in [0.2, 0.25) is 0 Å². The van der Waals surface area contributed by atoms with Gasteiger partial charge in [0.25, 0.3) is 0 Å². The molecule has 9 heteroatoms. The van der Waals surface area contributed by atoms with E-state index in [1.54, 1.807) is 0 Å². The Balaban J connectivity index is 1.83. The summed E-state index contributed by atoms with van der Waals surface area (Å²) in [6.45, 7) is 0. The van der Waals surface area contributed by atoms with Crippen LogP contribution in [0.1, 0.15) is 24.0 Å². The number of carbonyl (C=O) groups excluding carboxylic acids is 1. The molecular formula is C14H15F3N2O3S. The van der Waals surface area contributed by atoms with E-state index >= 15 is 0 Å². The maximum absolute atomic E-state index is 12.4. The van der Waals surface area contributed by atoms with Gasteiger partial charge in [-0.15, -0.1) is 0 Å². The summed E-state index contributed by atoms with van der Waals surface area (Å²) in [6, 6.07) is 4.32. The molecule has 1 amide bonds. The van der Waals surface area contributed by atoms with Crippen LogP contribution in [0.15, 0.2) is 29.4 Å². The van der Waals surface area contributed by atoms with Crippen molar-refractivity contribution in [1.82, 2.24) is 5.43 Å². The Morgan fingerprint density at radius 3 is 2.48 bits per heavy atom. The van der Waals surface area contributed by atoms with Crippen LogP contribution in [-0.2, 0) is 20.8 Å². The Morgan fingerprint density at radius 1 is 1.30 bits per heavy atom. The molecule has 1 heterocycles. The van der Waals surface area contributed by atoms with Crippen molar-refractivity contribution in [3.63, 3.8) is 0 Å². The minimum atomic E-state index is -4.40. The lowest BCUT2D eigenvalue weighted by atomic mass is 10.1. The highest BCUT2D eigenvalue weighted by Crippen LogP contribution is 2.28. The number of carbonyl (C=O) groups is 1. The van der Waals surface area contributed by atoms with Gasteiger partial charge in [-0.05, 0) is 30.0 Å². The minimum Gasteiger partial charge on any atom is -0.273 e. The first-order valence-electron chi connectivity index (χ1n) is 6.85. The van der Waals surface area contributed by atoms with Crippen LogP contribution in [0.3, 0.4) is 0 Å². The average Bonchev–Trinajstić information content (AvgIpc) is 2.77. The zero-order valence-electron chi connectivity index (χ0n) is 12.0. The van der Waals surface area contributed by atoms with Gasteiger partial charge < -0.3 is 0 Å². The molecule has 1 saturated heterocycles. The minimum absolute atomic E-state index is 0.00301. The molecule has 0 aliphatic carbocycles. The third-order valence-corrected chi connectivity index (χ3v) is 5.28. The number of amides is 1. The summed E-state index contributed by atoms with van der Waals surface area (Å²) >= 11 is 0. The number of alkyl halides is 3. The molecule has 0 radical (unpaired) electrons. The normalized spacial score (nSPS) is 20.7. The third-order valence-electron chi connectivity index (χ3n) is 3.44. The number of halogens is 3. The Bertz CT molecular complexity index is 697. The molecule has 0 spiro atoms. The number of nitrogens with one attached hydrogen (secondary N) is 1. The molecule has 1 N–H and O–H groups in total. The summed E-state index contributed by atoms with van der Waals surface area (Å²) in [5.41, 5.74) is 1.89. The highest BCUT2D eigenvalue weighted by atomic mass is 32.2. The second-order valence-corrected chi connectivity index (χ2v) is 7.61. The molecule has 23 heavy (non-hydrogen) atoms. The first kappa shape index (κ1) is 17.5. The summed E-state index contributed by atoms with van der Waals surface area (Å²) in [5.74, 6) is -0.528. The predicted molar refractivity (Wildman–Crippen MR) is 78.6 cm³/mol. The van der Waals surface area contributed by atoms with Gasteiger partial charge in [-0.1, -0.05) is 12.1 Å². The van der Waals surface area contributed by atoms with Gasteiger partial charge in [-0.2, -0.15) is 18.3 Å². The SMILES string of the molecule is O=C(C[C@@H]1CCS(=O)(=O)C1)N/N=C\c1ccc(C(F)(F)F)cc1. The number of benzene rings is 1. The molecule has 1 aliphatic heterocycles. The molecule has 5 nitrogen and oxygen atoms in total. The van der Waals surface area contributed by atoms with E-state index in [1.807, 2.05) is 0 Å². The molecule has 1 aliphatic rings. The van der Waals surface area contributed by atoms with Crippen molar-refractivity contribution in [3.8, 4) is 0 Å². The van der Waals surface area contributed by atoms with Crippen molar-refractivity contribution < 1.29 is 26.4 Å². The summed E-state index contributed by atoms with van der Waals surface area (Å²) in [5, 5.41) is 3.66. The van der Waals surface area contributed by atoms with Crippen molar-refractivity contribution >= 4 is 22.0 Å². The van der Waals surface area contributed by atoms with E-state index in [1.165, 1.54) is 18.3 Å². The average molecular weight is 348 g/mol. The summed E-state index contributed by atoms with van der Waals surface area (Å²) in [7, 11) is -3.03. The predicted octanol–water partition coefficient (Wildman–Crippen LogP) is 1.98. The number of nitrogens with zero attached hydrogens (tertiary/aromatic N) is 1. The smallest absolute Gasteiger partial charge is 0.273 e. The largest absolute Gasteiger partial charge is 0.416 e. The lowest BCUT2D eigenvalue weighted by molar-refractivity contribution is -0.137. The zero-order valence-corrected chi connectivity index (χ0v) is 12.8. The van der Waals surface area contributed by atoms with Crippen molar-refractivity contribution in [1.29, 1.82) is 0 Å². The molecule has 0 aromatic heterocycles. The Hall–Kier alpha value is -1.90. The molecule has 0 unspecified atom stereocenters. The van der Waals surface area contributed by atoms with Gasteiger partial charge in [0, 0.05) is 6.42 Å². The standard InChI is InChI=1S/C14H15F3N2O3S/c15-14(16,17)12-3-1-10(2-4-12)8-18-19-13(20)7-11-5-6-23(21,22)9-11/h1-4,8,11H,5-7,9H2,(H,19,20)/b18-8-/t11-/m0/s1. The van der Waals surface area contributed by atoms with Crippen LogP contribution in [0.4, 0.5) is 13.2 Å². The quantitative estimate of drug-likeness (QED) is 0.668. The zero-order chi connectivity index (χ0) is 17.1. The molecule has 1 aromatic carbocycles. The maximum atomic E-state index is 12.4. The first-order chi connectivity index (χ1) is 10.7. The number of hydrogen-bond donors (Lipinski definition) is 1. The van der Waals surface area contributed by atoms with E-state index in [0.29, 0.717) is 12.0 Å². The molecule has 1 fully saturated rings. The van der Waals surface area contributed by atoms with Crippen molar-refractivity contribution in [3.05, 3.63) is 35.4 Å². The van der Waals surface area contributed by atoms with Crippen LogP contribution in [0.5, 0.6) is 0 Å². The second-order valence-electron chi connectivity index (χ2n) is 5.39. The van der Waals surface area contributed by atoms with Crippen LogP contribution >= 0.6 is 0 Å². The Morgan fingerprint density at radius 2 is 1.96 bits per heavy atom. The van der Waals surface area contributed by atoms with Gasteiger partial charge in [-0.25, -0.2) is 13.8 Å². The van der Waals surface area contributed by atoms with Gasteiger partial charge in [0.15, 0.2) is 9.84 Å². The van der Waals surface area contributed by atoms with Gasteiger partial charge in [0.05, 0.1) is 23.3 Å². The Kier molecular flexibility index (Phi) is 5.08. The molecule has 0 saturated carbocycles. The topological polar surface area (TPSA) is 75.6 Å². The third kappa shape index (κ3) is 5.34. The van der Waals surface area contributed by atoms with Gasteiger partial charge in [0.1, 0.15) is 0 Å². The van der Waals surface area contributed by atoms with E-state index in [2.05, 4.69) is 10.5 Å².